The van der Waals surface area contributed by atoms with Gasteiger partial charge >= 0.3 is 0 Å². The van der Waals surface area contributed by atoms with E-state index in [-0.39, 0.29) is 11.8 Å². The zero-order valence-electron chi connectivity index (χ0n) is 14.8. The van der Waals surface area contributed by atoms with Crippen LogP contribution in [0.3, 0.4) is 0 Å². The van der Waals surface area contributed by atoms with E-state index < -0.39 is 0 Å². The van der Waals surface area contributed by atoms with Crippen LogP contribution in [0.2, 0.25) is 0 Å². The fraction of sp³-hybridized carbons (Fsp3) is 0.143. The third kappa shape index (κ3) is 2.57. The van der Waals surface area contributed by atoms with E-state index in [0.29, 0.717) is 6.42 Å². The van der Waals surface area contributed by atoms with Crippen molar-refractivity contribution < 1.29 is 4.79 Å². The Kier molecular flexibility index (Phi) is 3.50. The first-order valence-electron chi connectivity index (χ1n) is 8.84. The van der Waals surface area contributed by atoms with Gasteiger partial charge in [-0.1, -0.05) is 42.5 Å². The minimum absolute atomic E-state index is 0.0370. The highest BCUT2D eigenvalue weighted by Gasteiger charge is 2.34. The first-order valence-corrected chi connectivity index (χ1v) is 8.84. The van der Waals surface area contributed by atoms with Gasteiger partial charge in [0.2, 0.25) is 5.91 Å². The molecule has 1 aliphatic rings. The monoisotopic (exact) mass is 355 g/mol. The van der Waals surface area contributed by atoms with E-state index in [1.807, 2.05) is 61.6 Å². The molecule has 0 saturated heterocycles. The Morgan fingerprint density at radius 1 is 1.04 bits per heavy atom. The molecule has 2 aromatic carbocycles. The zero-order valence-corrected chi connectivity index (χ0v) is 14.8. The summed E-state index contributed by atoms with van der Waals surface area (Å²) in [4.78, 5) is 21.7. The third-order valence-corrected chi connectivity index (χ3v) is 4.95. The van der Waals surface area contributed by atoms with Gasteiger partial charge < -0.3 is 5.32 Å². The number of benzene rings is 2. The van der Waals surface area contributed by atoms with Crippen molar-refractivity contribution in [1.82, 2.24) is 19.7 Å². The lowest BCUT2D eigenvalue weighted by molar-refractivity contribution is -0.116. The van der Waals surface area contributed by atoms with Crippen molar-refractivity contribution in [2.75, 3.05) is 5.32 Å². The van der Waals surface area contributed by atoms with Crippen molar-refractivity contribution in [2.45, 2.75) is 12.3 Å². The van der Waals surface area contributed by atoms with Crippen LogP contribution in [0.5, 0.6) is 0 Å². The fourth-order valence-electron chi connectivity index (χ4n) is 3.69. The summed E-state index contributed by atoms with van der Waals surface area (Å²) in [6, 6.07) is 17.8. The van der Waals surface area contributed by atoms with Gasteiger partial charge in [0.15, 0.2) is 0 Å². The first kappa shape index (κ1) is 15.7. The highest BCUT2D eigenvalue weighted by molar-refractivity contribution is 5.96. The number of para-hydroxylation sites is 2. The molecule has 27 heavy (non-hydrogen) atoms. The van der Waals surface area contributed by atoms with Crippen LogP contribution in [0, 0.1) is 0 Å². The molecular weight excluding hydrogens is 338 g/mol. The molecule has 0 saturated carbocycles. The number of hydrogen-bond donors (Lipinski definition) is 1. The number of fused-ring (bicyclic) bond motifs is 2. The Morgan fingerprint density at radius 2 is 1.78 bits per heavy atom. The van der Waals surface area contributed by atoms with Crippen LogP contribution in [0.15, 0.2) is 60.8 Å². The molecule has 1 atom stereocenters. The molecule has 0 radical (unpaired) electrons. The SMILES string of the molecule is Cn1nc(-c2ccccc2)c2c1NC(=O)CC2c1cnc2ccccc2n1. The maximum absolute atomic E-state index is 12.4. The van der Waals surface area contributed by atoms with Crippen molar-refractivity contribution in [3.8, 4) is 11.3 Å². The van der Waals surface area contributed by atoms with Crippen LogP contribution >= 0.6 is 0 Å². The van der Waals surface area contributed by atoms with Crippen molar-refractivity contribution in [2.24, 2.45) is 7.05 Å². The summed E-state index contributed by atoms with van der Waals surface area (Å²) in [5, 5.41) is 7.66. The predicted octanol–water partition coefficient (Wildman–Crippen LogP) is 3.50. The Morgan fingerprint density at radius 3 is 2.59 bits per heavy atom. The lowest BCUT2D eigenvalue weighted by atomic mass is 9.87. The maximum Gasteiger partial charge on any atom is 0.226 e. The molecule has 1 aliphatic heterocycles. The summed E-state index contributed by atoms with van der Waals surface area (Å²) in [6.45, 7) is 0. The molecule has 1 amide bonds. The van der Waals surface area contributed by atoms with E-state index in [0.717, 1.165) is 39.4 Å². The van der Waals surface area contributed by atoms with Gasteiger partial charge in [0.1, 0.15) is 5.82 Å². The Hall–Kier alpha value is -3.54. The second-order valence-electron chi connectivity index (χ2n) is 6.69. The van der Waals surface area contributed by atoms with E-state index in [2.05, 4.69) is 15.4 Å². The van der Waals surface area contributed by atoms with Crippen molar-refractivity contribution >= 4 is 22.8 Å². The van der Waals surface area contributed by atoms with E-state index in [9.17, 15) is 4.79 Å². The van der Waals surface area contributed by atoms with Gasteiger partial charge in [-0.15, -0.1) is 0 Å². The number of hydrogen-bond acceptors (Lipinski definition) is 4. The van der Waals surface area contributed by atoms with Gasteiger partial charge in [-0.05, 0) is 12.1 Å². The molecule has 2 aromatic heterocycles. The summed E-state index contributed by atoms with van der Waals surface area (Å²) in [5.41, 5.74) is 5.34. The van der Waals surface area contributed by atoms with Gasteiger partial charge in [0, 0.05) is 36.7 Å². The molecule has 132 valence electrons. The van der Waals surface area contributed by atoms with E-state index in [1.165, 1.54) is 0 Å². The molecule has 1 unspecified atom stereocenters. The van der Waals surface area contributed by atoms with Crippen LogP contribution in [-0.2, 0) is 11.8 Å². The van der Waals surface area contributed by atoms with Crippen LogP contribution in [0.4, 0.5) is 5.82 Å². The number of aromatic nitrogens is 4. The Balaban J connectivity index is 1.72. The number of aryl methyl sites for hydroxylation is 1. The zero-order chi connectivity index (χ0) is 18.4. The topological polar surface area (TPSA) is 72.7 Å². The van der Waals surface area contributed by atoms with Crippen LogP contribution in [0.25, 0.3) is 22.3 Å². The number of amides is 1. The van der Waals surface area contributed by atoms with Crippen LogP contribution in [0.1, 0.15) is 23.6 Å². The number of carbonyl (C=O) groups excluding carboxylic acids is 1. The summed E-state index contributed by atoms with van der Waals surface area (Å²) < 4.78 is 1.73. The van der Waals surface area contributed by atoms with Gasteiger partial charge in [-0.2, -0.15) is 5.10 Å². The predicted molar refractivity (Wildman–Crippen MR) is 103 cm³/mol. The number of rotatable bonds is 2. The van der Waals surface area contributed by atoms with Gasteiger partial charge in [-0.25, -0.2) is 4.98 Å². The van der Waals surface area contributed by atoms with Crippen molar-refractivity contribution in [1.29, 1.82) is 0 Å². The van der Waals surface area contributed by atoms with E-state index in [1.54, 1.807) is 10.9 Å². The minimum Gasteiger partial charge on any atom is -0.311 e. The molecule has 0 aliphatic carbocycles. The standard InChI is InChI=1S/C21H17N5O/c1-26-21-19(20(25-26)13-7-3-2-4-8-13)14(11-18(27)24-21)17-12-22-15-9-5-6-10-16(15)23-17/h2-10,12,14H,11H2,1H3,(H,24,27). The number of carbonyl (C=O) groups is 1. The third-order valence-electron chi connectivity index (χ3n) is 4.95. The molecule has 0 spiro atoms. The smallest absolute Gasteiger partial charge is 0.226 e. The number of nitrogens with one attached hydrogen (secondary N) is 1. The minimum atomic E-state index is -0.185. The maximum atomic E-state index is 12.4. The highest BCUT2D eigenvalue weighted by Crippen LogP contribution is 2.42. The van der Waals surface area contributed by atoms with Gasteiger partial charge in [-0.3, -0.25) is 14.5 Å². The summed E-state index contributed by atoms with van der Waals surface area (Å²) in [6.07, 6.45) is 2.10. The molecular formula is C21H17N5O. The average molecular weight is 355 g/mol. The normalized spacial score (nSPS) is 16.2. The lowest BCUT2D eigenvalue weighted by Crippen LogP contribution is -2.25. The molecule has 4 aromatic rings. The Bertz CT molecular complexity index is 1170. The van der Waals surface area contributed by atoms with Gasteiger partial charge in [0.05, 0.1) is 22.4 Å². The molecule has 6 heteroatoms. The molecule has 1 N–H and O–H groups in total. The van der Waals surface area contributed by atoms with Crippen LogP contribution < -0.4 is 5.32 Å². The van der Waals surface area contributed by atoms with E-state index >= 15 is 0 Å². The highest BCUT2D eigenvalue weighted by atomic mass is 16.1. The molecule has 3 heterocycles. The molecule has 6 nitrogen and oxygen atoms in total. The quantitative estimate of drug-likeness (QED) is 0.597. The van der Waals surface area contributed by atoms with Crippen LogP contribution in [-0.4, -0.2) is 25.7 Å². The summed E-state index contributed by atoms with van der Waals surface area (Å²) >= 11 is 0. The Labute approximate surface area is 155 Å². The molecule has 0 fully saturated rings. The van der Waals surface area contributed by atoms with Crippen molar-refractivity contribution in [3.63, 3.8) is 0 Å². The number of anilines is 1. The van der Waals surface area contributed by atoms with E-state index in [4.69, 9.17) is 4.98 Å². The summed E-state index contributed by atoms with van der Waals surface area (Å²) in [5.74, 6) is 0.505. The largest absolute Gasteiger partial charge is 0.311 e. The average Bonchev–Trinajstić information content (AvgIpc) is 3.04. The summed E-state index contributed by atoms with van der Waals surface area (Å²) in [7, 11) is 1.85. The second-order valence-corrected chi connectivity index (χ2v) is 6.69. The lowest BCUT2D eigenvalue weighted by Gasteiger charge is -2.23. The van der Waals surface area contributed by atoms with Crippen molar-refractivity contribution in [3.05, 3.63) is 72.1 Å². The molecule has 0 bridgehead atoms. The first-order chi connectivity index (χ1) is 13.2. The molecule has 5 rings (SSSR count). The number of nitrogens with zero attached hydrogens (tertiary/aromatic N) is 4. The fourth-order valence-corrected chi connectivity index (χ4v) is 3.69. The second kappa shape index (κ2) is 6.02. The van der Waals surface area contributed by atoms with Gasteiger partial charge in [0.25, 0.3) is 0 Å².